The first-order chi connectivity index (χ1) is 10.7. The van der Waals surface area contributed by atoms with Crippen molar-refractivity contribution >= 4 is 27.5 Å². The first-order valence-electron chi connectivity index (χ1n) is 7.23. The summed E-state index contributed by atoms with van der Waals surface area (Å²) in [5, 5.41) is 3.03. The summed E-state index contributed by atoms with van der Waals surface area (Å²) in [6.45, 7) is 0.193. The fourth-order valence-corrected chi connectivity index (χ4v) is 3.52. The Kier molecular flexibility index (Phi) is 3.30. The van der Waals surface area contributed by atoms with Crippen molar-refractivity contribution in [2.24, 2.45) is 0 Å². The van der Waals surface area contributed by atoms with Gasteiger partial charge in [0.25, 0.3) is 5.91 Å². The number of anilines is 1. The molecule has 0 saturated carbocycles. The summed E-state index contributed by atoms with van der Waals surface area (Å²) in [7, 11) is 0. The predicted molar refractivity (Wildman–Crippen MR) is 86.7 cm³/mol. The van der Waals surface area contributed by atoms with Gasteiger partial charge in [0.1, 0.15) is 0 Å². The number of ether oxygens (including phenoxy) is 2. The van der Waals surface area contributed by atoms with Crippen LogP contribution in [0.2, 0.25) is 0 Å². The van der Waals surface area contributed by atoms with Crippen molar-refractivity contribution in [3.63, 3.8) is 0 Å². The summed E-state index contributed by atoms with van der Waals surface area (Å²) < 4.78 is 11.4. The van der Waals surface area contributed by atoms with Gasteiger partial charge in [0, 0.05) is 10.2 Å². The third-order valence-electron chi connectivity index (χ3n) is 4.10. The zero-order chi connectivity index (χ0) is 15.1. The van der Waals surface area contributed by atoms with Crippen molar-refractivity contribution in [2.75, 3.05) is 12.1 Å². The largest absolute Gasteiger partial charge is 0.454 e. The second-order valence-electron chi connectivity index (χ2n) is 5.44. The summed E-state index contributed by atoms with van der Waals surface area (Å²) in [4.78, 5) is 12.6. The number of carbonyl (C=O) groups excluding carboxylic acids is 1. The molecule has 0 bridgehead atoms. The normalized spacial score (nSPS) is 14.8. The molecule has 4 nitrogen and oxygen atoms in total. The Hall–Kier alpha value is -2.01. The molecule has 0 spiro atoms. The highest BCUT2D eigenvalue weighted by Gasteiger charge is 2.21. The molecule has 5 heteroatoms. The highest BCUT2D eigenvalue weighted by molar-refractivity contribution is 9.10. The van der Waals surface area contributed by atoms with Gasteiger partial charge in [-0.25, -0.2) is 0 Å². The molecule has 0 fully saturated rings. The second kappa shape index (κ2) is 5.32. The van der Waals surface area contributed by atoms with E-state index in [1.807, 2.05) is 12.1 Å². The molecule has 22 heavy (non-hydrogen) atoms. The van der Waals surface area contributed by atoms with Crippen LogP contribution in [-0.4, -0.2) is 12.7 Å². The lowest BCUT2D eigenvalue weighted by Crippen LogP contribution is -2.14. The molecule has 1 heterocycles. The number of halogens is 1. The van der Waals surface area contributed by atoms with Crippen molar-refractivity contribution in [1.29, 1.82) is 0 Å². The molecule has 2 aliphatic rings. The quantitative estimate of drug-likeness (QED) is 0.883. The van der Waals surface area contributed by atoms with E-state index in [-0.39, 0.29) is 12.7 Å². The Morgan fingerprint density at radius 1 is 1.14 bits per heavy atom. The van der Waals surface area contributed by atoms with Crippen molar-refractivity contribution in [3.05, 3.63) is 51.5 Å². The van der Waals surface area contributed by atoms with Gasteiger partial charge in [-0.1, -0.05) is 12.1 Å². The maximum absolute atomic E-state index is 12.6. The summed E-state index contributed by atoms with van der Waals surface area (Å²) in [6, 6.07) is 9.57. The van der Waals surface area contributed by atoms with E-state index in [1.54, 1.807) is 12.1 Å². The van der Waals surface area contributed by atoms with Gasteiger partial charge in [-0.15, -0.1) is 0 Å². The Balaban J connectivity index is 1.65. The van der Waals surface area contributed by atoms with Gasteiger partial charge in [-0.05, 0) is 64.5 Å². The minimum Gasteiger partial charge on any atom is -0.454 e. The van der Waals surface area contributed by atoms with Crippen LogP contribution in [0.15, 0.2) is 34.8 Å². The van der Waals surface area contributed by atoms with Gasteiger partial charge >= 0.3 is 0 Å². The molecule has 1 amide bonds. The van der Waals surface area contributed by atoms with Crippen LogP contribution in [-0.2, 0) is 12.8 Å². The van der Waals surface area contributed by atoms with E-state index in [9.17, 15) is 4.79 Å². The van der Waals surface area contributed by atoms with Crippen LogP contribution in [0, 0.1) is 0 Å². The molecule has 112 valence electrons. The Bertz CT molecular complexity index is 773. The zero-order valence-electron chi connectivity index (χ0n) is 11.8. The molecule has 2 aromatic carbocycles. The number of fused-ring (bicyclic) bond motifs is 2. The van der Waals surface area contributed by atoms with E-state index >= 15 is 0 Å². The fourth-order valence-electron chi connectivity index (χ4n) is 3.02. The molecule has 1 aliphatic heterocycles. The van der Waals surface area contributed by atoms with Gasteiger partial charge in [0.15, 0.2) is 11.5 Å². The van der Waals surface area contributed by atoms with Crippen LogP contribution >= 0.6 is 15.9 Å². The first-order valence-corrected chi connectivity index (χ1v) is 8.03. The maximum Gasteiger partial charge on any atom is 0.256 e. The number of amides is 1. The maximum atomic E-state index is 12.6. The average Bonchev–Trinajstić information content (AvgIpc) is 3.14. The molecule has 0 atom stereocenters. The minimum absolute atomic E-state index is 0.148. The Morgan fingerprint density at radius 3 is 2.82 bits per heavy atom. The second-order valence-corrected chi connectivity index (χ2v) is 6.29. The van der Waals surface area contributed by atoms with E-state index in [4.69, 9.17) is 9.47 Å². The molecule has 1 N–H and O–H groups in total. The van der Waals surface area contributed by atoms with Crippen LogP contribution in [0.1, 0.15) is 27.9 Å². The topological polar surface area (TPSA) is 47.6 Å². The number of rotatable bonds is 2. The van der Waals surface area contributed by atoms with Crippen LogP contribution < -0.4 is 14.8 Å². The average molecular weight is 360 g/mol. The van der Waals surface area contributed by atoms with Crippen LogP contribution in [0.25, 0.3) is 0 Å². The number of hydrogen-bond acceptors (Lipinski definition) is 3. The molecule has 0 unspecified atom stereocenters. The molecular formula is C17H14BrNO3. The standard InChI is InChI=1S/C17H14BrNO3/c18-13-8-16-15(21-9-22-16)7-12(13)17(20)19-14-6-2-4-10-3-1-5-11(10)14/h2,4,6-8H,1,3,5,9H2,(H,19,20). The van der Waals surface area contributed by atoms with Crippen LogP contribution in [0.4, 0.5) is 5.69 Å². The highest BCUT2D eigenvalue weighted by Crippen LogP contribution is 2.37. The molecule has 1 aliphatic carbocycles. The summed E-state index contributed by atoms with van der Waals surface area (Å²) in [6.07, 6.45) is 3.26. The molecule has 0 radical (unpaired) electrons. The zero-order valence-corrected chi connectivity index (χ0v) is 13.4. The highest BCUT2D eigenvalue weighted by atomic mass is 79.9. The lowest BCUT2D eigenvalue weighted by molar-refractivity contribution is 0.102. The van der Waals surface area contributed by atoms with Gasteiger partial charge < -0.3 is 14.8 Å². The summed E-state index contributed by atoms with van der Waals surface area (Å²) in [5.41, 5.74) is 4.04. The van der Waals surface area contributed by atoms with E-state index in [0.29, 0.717) is 21.5 Å². The monoisotopic (exact) mass is 359 g/mol. The summed E-state index contributed by atoms with van der Waals surface area (Å²) in [5.74, 6) is 1.11. The molecule has 0 aromatic heterocycles. The summed E-state index contributed by atoms with van der Waals surface area (Å²) >= 11 is 3.43. The van der Waals surface area contributed by atoms with Gasteiger partial charge in [0.2, 0.25) is 6.79 Å². The van der Waals surface area contributed by atoms with Crippen molar-refractivity contribution in [1.82, 2.24) is 0 Å². The Labute approximate surface area is 136 Å². The first kappa shape index (κ1) is 13.6. The number of hydrogen-bond donors (Lipinski definition) is 1. The molecular weight excluding hydrogens is 346 g/mol. The van der Waals surface area contributed by atoms with E-state index in [2.05, 4.69) is 27.3 Å². The number of aryl methyl sites for hydroxylation is 1. The number of carbonyl (C=O) groups is 1. The lowest BCUT2D eigenvalue weighted by atomic mass is 10.1. The van der Waals surface area contributed by atoms with Crippen LogP contribution in [0.5, 0.6) is 11.5 Å². The van der Waals surface area contributed by atoms with E-state index in [0.717, 1.165) is 24.9 Å². The van der Waals surface area contributed by atoms with E-state index in [1.165, 1.54) is 11.1 Å². The number of benzene rings is 2. The van der Waals surface area contributed by atoms with Gasteiger partial charge in [0.05, 0.1) is 5.56 Å². The fraction of sp³-hybridized carbons (Fsp3) is 0.235. The molecule has 2 aromatic rings. The SMILES string of the molecule is O=C(Nc1cccc2c1CCC2)c1cc2c(cc1Br)OCO2. The van der Waals surface area contributed by atoms with Crippen molar-refractivity contribution in [3.8, 4) is 11.5 Å². The minimum atomic E-state index is -0.148. The molecule has 4 rings (SSSR count). The van der Waals surface area contributed by atoms with E-state index < -0.39 is 0 Å². The molecule has 0 saturated heterocycles. The third kappa shape index (κ3) is 2.25. The predicted octanol–water partition coefficient (Wildman–Crippen LogP) is 3.92. The smallest absolute Gasteiger partial charge is 0.256 e. The van der Waals surface area contributed by atoms with Crippen LogP contribution in [0.3, 0.4) is 0 Å². The third-order valence-corrected chi connectivity index (χ3v) is 4.76. The number of nitrogens with one attached hydrogen (secondary N) is 1. The Morgan fingerprint density at radius 2 is 1.95 bits per heavy atom. The van der Waals surface area contributed by atoms with Crippen molar-refractivity contribution in [2.45, 2.75) is 19.3 Å². The van der Waals surface area contributed by atoms with Crippen molar-refractivity contribution < 1.29 is 14.3 Å². The lowest BCUT2D eigenvalue weighted by Gasteiger charge is -2.11. The van der Waals surface area contributed by atoms with Gasteiger partial charge in [-0.2, -0.15) is 0 Å². The van der Waals surface area contributed by atoms with Gasteiger partial charge in [-0.3, -0.25) is 4.79 Å².